The number of anilines is 2. The van der Waals surface area contributed by atoms with Gasteiger partial charge in [-0.05, 0) is 52.9 Å². The van der Waals surface area contributed by atoms with Gasteiger partial charge in [0.15, 0.2) is 0 Å². The molecule has 3 aromatic heterocycles. The van der Waals surface area contributed by atoms with E-state index in [4.69, 9.17) is 9.72 Å². The third-order valence-corrected chi connectivity index (χ3v) is 7.82. The highest BCUT2D eigenvalue weighted by Gasteiger charge is 2.36. The second-order valence-electron chi connectivity index (χ2n) is 9.87. The number of rotatable bonds is 3. The minimum atomic E-state index is -0.181. The van der Waals surface area contributed by atoms with E-state index >= 15 is 0 Å². The highest BCUT2D eigenvalue weighted by Crippen LogP contribution is 2.39. The van der Waals surface area contributed by atoms with Crippen LogP contribution < -0.4 is 16.0 Å². The zero-order valence-electron chi connectivity index (χ0n) is 20.4. The number of fused-ring (bicyclic) bond motifs is 5. The number of ether oxygens (including phenoxy) is 1. The van der Waals surface area contributed by atoms with Gasteiger partial charge in [0, 0.05) is 43.9 Å². The number of pyridine rings is 2. The number of aryl methyl sites for hydroxylation is 1. The first-order valence-corrected chi connectivity index (χ1v) is 12.6. The summed E-state index contributed by atoms with van der Waals surface area (Å²) in [5.41, 5.74) is 7.22. The molecule has 37 heavy (non-hydrogen) atoms. The maximum atomic E-state index is 13.0. The Hall–Kier alpha value is -4.24. The minimum Gasteiger partial charge on any atom is -0.381 e. The van der Waals surface area contributed by atoms with Crippen LogP contribution in [0.25, 0.3) is 22.2 Å². The van der Waals surface area contributed by atoms with Crippen molar-refractivity contribution in [3.05, 3.63) is 71.2 Å². The normalized spacial score (nSPS) is 20.5. The summed E-state index contributed by atoms with van der Waals surface area (Å²) in [5, 5.41) is 10.4. The van der Waals surface area contributed by atoms with Crippen molar-refractivity contribution < 1.29 is 14.3 Å². The van der Waals surface area contributed by atoms with E-state index in [2.05, 4.69) is 39.1 Å². The number of benzene rings is 1. The van der Waals surface area contributed by atoms with Crippen LogP contribution in [-0.2, 0) is 29.7 Å². The third kappa shape index (κ3) is 3.49. The van der Waals surface area contributed by atoms with Crippen molar-refractivity contribution in [2.75, 3.05) is 18.5 Å². The van der Waals surface area contributed by atoms with E-state index in [1.165, 1.54) is 0 Å². The molecule has 0 bridgehead atoms. The summed E-state index contributed by atoms with van der Waals surface area (Å²) in [5.74, 6) is 0.481. The Bertz CT molecular complexity index is 1590. The molecule has 7 rings (SSSR count). The maximum Gasteiger partial charge on any atom is 0.254 e. The predicted octanol–water partition coefficient (Wildman–Crippen LogP) is 3.37. The average molecular weight is 495 g/mol. The number of nitrogens with zero attached hydrogens (tertiary/aromatic N) is 3. The molecule has 1 aromatic carbocycles. The molecule has 9 heteroatoms. The molecule has 3 aliphatic rings. The van der Waals surface area contributed by atoms with Crippen LogP contribution in [0.1, 0.15) is 39.5 Å². The van der Waals surface area contributed by atoms with Gasteiger partial charge in [0.2, 0.25) is 5.91 Å². The number of hydrogen-bond acceptors (Lipinski definition) is 6. The Labute approximate surface area is 213 Å². The molecule has 0 unspecified atom stereocenters. The highest BCUT2D eigenvalue weighted by atomic mass is 16.5. The summed E-state index contributed by atoms with van der Waals surface area (Å²) in [6, 6.07) is 12.1. The monoisotopic (exact) mass is 494 g/mol. The van der Waals surface area contributed by atoms with Gasteiger partial charge >= 0.3 is 0 Å². The van der Waals surface area contributed by atoms with E-state index in [1.807, 2.05) is 42.2 Å². The van der Waals surface area contributed by atoms with Crippen LogP contribution in [0.5, 0.6) is 0 Å². The Morgan fingerprint density at radius 2 is 1.95 bits per heavy atom. The summed E-state index contributed by atoms with van der Waals surface area (Å²) in [6.45, 7) is 1.93. The molecule has 1 fully saturated rings. The van der Waals surface area contributed by atoms with Crippen LogP contribution in [0.4, 0.5) is 11.5 Å². The van der Waals surface area contributed by atoms with Crippen LogP contribution in [0, 0.1) is 5.92 Å². The van der Waals surface area contributed by atoms with Gasteiger partial charge in [0.05, 0.1) is 36.0 Å². The van der Waals surface area contributed by atoms with Gasteiger partial charge in [-0.3, -0.25) is 9.59 Å². The van der Waals surface area contributed by atoms with E-state index in [-0.39, 0.29) is 23.7 Å². The summed E-state index contributed by atoms with van der Waals surface area (Å²) < 4.78 is 7.56. The lowest BCUT2D eigenvalue weighted by Crippen LogP contribution is -2.37. The van der Waals surface area contributed by atoms with E-state index in [0.29, 0.717) is 43.4 Å². The Morgan fingerprint density at radius 3 is 2.86 bits per heavy atom. The topological polar surface area (TPSA) is 110 Å². The van der Waals surface area contributed by atoms with Crippen molar-refractivity contribution in [1.82, 2.24) is 25.2 Å². The minimum absolute atomic E-state index is 0.0194. The smallest absolute Gasteiger partial charge is 0.254 e. The van der Waals surface area contributed by atoms with Crippen molar-refractivity contribution in [2.45, 2.75) is 25.4 Å². The number of amides is 2. The molecule has 0 spiro atoms. The molecule has 4 aromatic rings. The molecule has 186 valence electrons. The molecule has 0 saturated carbocycles. The summed E-state index contributed by atoms with van der Waals surface area (Å²) in [7, 11) is 1.98. The lowest BCUT2D eigenvalue weighted by molar-refractivity contribution is -0.129. The van der Waals surface area contributed by atoms with Crippen LogP contribution in [0.15, 0.2) is 48.8 Å². The molecule has 9 nitrogen and oxygen atoms in total. The molecule has 3 N–H and O–H groups in total. The average Bonchev–Trinajstić information content (AvgIpc) is 3.47. The predicted molar refractivity (Wildman–Crippen MR) is 138 cm³/mol. The number of aromatic nitrogens is 3. The van der Waals surface area contributed by atoms with E-state index in [9.17, 15) is 9.59 Å². The van der Waals surface area contributed by atoms with Crippen LogP contribution in [0.2, 0.25) is 0 Å². The second kappa shape index (κ2) is 8.41. The zero-order valence-corrected chi connectivity index (χ0v) is 20.4. The zero-order chi connectivity index (χ0) is 25.1. The van der Waals surface area contributed by atoms with Gasteiger partial charge < -0.3 is 25.3 Å². The first-order chi connectivity index (χ1) is 18.1. The second-order valence-corrected chi connectivity index (χ2v) is 9.87. The summed E-state index contributed by atoms with van der Waals surface area (Å²) in [4.78, 5) is 34.9. The lowest BCUT2D eigenvalue weighted by Gasteiger charge is -2.29. The van der Waals surface area contributed by atoms with Gasteiger partial charge in [-0.15, -0.1) is 0 Å². The Morgan fingerprint density at radius 1 is 1.03 bits per heavy atom. The third-order valence-electron chi connectivity index (χ3n) is 7.82. The van der Waals surface area contributed by atoms with Gasteiger partial charge in [-0.25, -0.2) is 9.97 Å². The molecule has 2 amide bonds. The Balaban J connectivity index is 1.26. The number of carbonyl (C=O) groups is 2. The number of carbonyl (C=O) groups excluding carboxylic acids is 2. The molecular formula is C28H26N6O3. The van der Waals surface area contributed by atoms with Gasteiger partial charge in [-0.1, -0.05) is 12.1 Å². The van der Waals surface area contributed by atoms with Gasteiger partial charge in [-0.2, -0.15) is 0 Å². The fraction of sp³-hybridized carbons (Fsp3) is 0.286. The SMILES string of the molecule is Cn1ccc2c(-c3ccc(Nc4ccc5c(n4)CNC(=O)[C@@H]4COCC[C@H]54)c4c3CNC4=O)ccnc21. The molecule has 6 heterocycles. The summed E-state index contributed by atoms with van der Waals surface area (Å²) in [6.07, 6.45) is 4.61. The van der Waals surface area contributed by atoms with Crippen molar-refractivity contribution in [3.8, 4) is 11.1 Å². The van der Waals surface area contributed by atoms with E-state index < -0.39 is 0 Å². The van der Waals surface area contributed by atoms with Crippen LogP contribution in [-0.4, -0.2) is 39.6 Å². The largest absolute Gasteiger partial charge is 0.381 e. The van der Waals surface area contributed by atoms with Crippen LogP contribution in [0.3, 0.4) is 0 Å². The first kappa shape index (κ1) is 22.0. The first-order valence-electron chi connectivity index (χ1n) is 12.6. The lowest BCUT2D eigenvalue weighted by atomic mass is 9.82. The van der Waals surface area contributed by atoms with Crippen molar-refractivity contribution in [1.29, 1.82) is 0 Å². The fourth-order valence-electron chi connectivity index (χ4n) is 5.97. The number of hydrogen-bond donors (Lipinski definition) is 3. The molecule has 3 aliphatic heterocycles. The summed E-state index contributed by atoms with van der Waals surface area (Å²) >= 11 is 0. The molecule has 0 radical (unpaired) electrons. The van der Waals surface area contributed by atoms with Crippen LogP contribution >= 0.6 is 0 Å². The van der Waals surface area contributed by atoms with Gasteiger partial charge in [0.1, 0.15) is 11.5 Å². The van der Waals surface area contributed by atoms with Gasteiger partial charge in [0.25, 0.3) is 5.91 Å². The van der Waals surface area contributed by atoms with E-state index in [0.717, 1.165) is 45.4 Å². The quantitative estimate of drug-likeness (QED) is 0.403. The van der Waals surface area contributed by atoms with Crippen molar-refractivity contribution >= 4 is 34.4 Å². The van der Waals surface area contributed by atoms with Crippen molar-refractivity contribution in [2.24, 2.45) is 13.0 Å². The standard InChI is InChI=1S/C28H26N6O3/c1-34-10-7-19-16(6-9-29-26(19)34)15-2-4-22(25-20(15)12-30-28(25)36)32-24-5-3-18-17-8-11-37-14-21(17)27(35)31-13-23(18)33-24/h2-7,9-10,17,21H,8,11-14H2,1H3,(H,30,36)(H,31,35)(H,32,33)/t17-,21-/m1/s1. The fourth-order valence-corrected chi connectivity index (χ4v) is 5.97. The highest BCUT2D eigenvalue weighted by molar-refractivity contribution is 6.07. The molecule has 2 atom stereocenters. The van der Waals surface area contributed by atoms with Crippen molar-refractivity contribution in [3.63, 3.8) is 0 Å². The molecule has 0 aliphatic carbocycles. The number of nitrogens with one attached hydrogen (secondary N) is 3. The Kier molecular flexibility index (Phi) is 5.00. The maximum absolute atomic E-state index is 13.0. The molecular weight excluding hydrogens is 468 g/mol. The molecule has 1 saturated heterocycles. The van der Waals surface area contributed by atoms with E-state index in [1.54, 1.807) is 0 Å².